The molecule has 118 valence electrons. The van der Waals surface area contributed by atoms with Gasteiger partial charge in [0.2, 0.25) is 0 Å². The highest BCUT2D eigenvalue weighted by atomic mass is 28.3. The molecule has 0 N–H and O–H groups in total. The molecule has 0 spiro atoms. The second kappa shape index (κ2) is 7.29. The highest BCUT2D eigenvalue weighted by Gasteiger charge is 2.40. The van der Waals surface area contributed by atoms with E-state index in [1.807, 2.05) is 30.3 Å². The van der Waals surface area contributed by atoms with Crippen molar-refractivity contribution in [1.29, 1.82) is 0 Å². The van der Waals surface area contributed by atoms with E-state index in [1.54, 1.807) is 0 Å². The standard InChI is InChI=1S/C20H28OSi/c1-4-22(5-2,6-3)17-16-20(14-10-11-15-20)19(21)18-12-8-7-9-13-18/h7-9,12-13H,4-6,10-11,14-15H2,1-3H3. The number of rotatable bonds is 5. The Hall–Kier alpha value is -1.33. The molecule has 1 aromatic carbocycles. The van der Waals surface area contributed by atoms with Gasteiger partial charge < -0.3 is 0 Å². The van der Waals surface area contributed by atoms with E-state index in [-0.39, 0.29) is 5.78 Å². The average Bonchev–Trinajstić information content (AvgIpc) is 3.07. The second-order valence-corrected chi connectivity index (χ2v) is 11.5. The summed E-state index contributed by atoms with van der Waals surface area (Å²) in [5.41, 5.74) is 4.11. The molecule has 0 atom stereocenters. The fourth-order valence-corrected chi connectivity index (χ4v) is 6.06. The molecule has 1 aliphatic rings. The van der Waals surface area contributed by atoms with E-state index in [1.165, 1.54) is 18.1 Å². The van der Waals surface area contributed by atoms with Crippen molar-refractivity contribution in [2.45, 2.75) is 64.6 Å². The molecule has 2 rings (SSSR count). The van der Waals surface area contributed by atoms with Gasteiger partial charge in [0.1, 0.15) is 8.07 Å². The predicted molar refractivity (Wildman–Crippen MR) is 96.6 cm³/mol. The smallest absolute Gasteiger partial charge is 0.180 e. The number of carbonyl (C=O) groups is 1. The van der Waals surface area contributed by atoms with Gasteiger partial charge >= 0.3 is 0 Å². The van der Waals surface area contributed by atoms with Gasteiger partial charge in [0, 0.05) is 5.56 Å². The van der Waals surface area contributed by atoms with Gasteiger partial charge in [-0.2, -0.15) is 0 Å². The minimum absolute atomic E-state index is 0.254. The Labute approximate surface area is 136 Å². The van der Waals surface area contributed by atoms with Crippen molar-refractivity contribution in [3.63, 3.8) is 0 Å². The topological polar surface area (TPSA) is 17.1 Å². The van der Waals surface area contributed by atoms with Gasteiger partial charge in [-0.15, -0.1) is 5.54 Å². The van der Waals surface area contributed by atoms with Crippen LogP contribution in [0.5, 0.6) is 0 Å². The molecule has 1 nitrogen and oxygen atoms in total. The molecule has 1 fully saturated rings. The van der Waals surface area contributed by atoms with Gasteiger partial charge in [0.05, 0.1) is 5.41 Å². The summed E-state index contributed by atoms with van der Waals surface area (Å²) in [7, 11) is -1.49. The maximum Gasteiger partial charge on any atom is 0.180 e. The summed E-state index contributed by atoms with van der Waals surface area (Å²) in [6, 6.07) is 13.3. The van der Waals surface area contributed by atoms with E-state index < -0.39 is 13.5 Å². The van der Waals surface area contributed by atoms with Crippen LogP contribution in [0.1, 0.15) is 56.8 Å². The van der Waals surface area contributed by atoms with Crippen molar-refractivity contribution in [1.82, 2.24) is 0 Å². The Morgan fingerprint density at radius 3 is 2.09 bits per heavy atom. The summed E-state index contributed by atoms with van der Waals surface area (Å²) in [6.07, 6.45) is 4.14. The number of benzene rings is 1. The SMILES string of the molecule is CC[Si](C#CC1(C(=O)c2ccccc2)CCCC1)(CC)CC. The van der Waals surface area contributed by atoms with Gasteiger partial charge in [-0.1, -0.05) is 69.9 Å². The zero-order valence-electron chi connectivity index (χ0n) is 14.2. The summed E-state index contributed by atoms with van der Waals surface area (Å²) < 4.78 is 0. The molecule has 0 saturated heterocycles. The molecular weight excluding hydrogens is 284 g/mol. The Balaban J connectivity index is 2.36. The van der Waals surface area contributed by atoms with E-state index in [9.17, 15) is 4.79 Å². The number of hydrogen-bond acceptors (Lipinski definition) is 1. The van der Waals surface area contributed by atoms with Crippen LogP contribution in [-0.4, -0.2) is 13.9 Å². The summed E-state index contributed by atoms with van der Waals surface area (Å²) in [4.78, 5) is 13.1. The quantitative estimate of drug-likeness (QED) is 0.399. The van der Waals surface area contributed by atoms with Crippen molar-refractivity contribution >= 4 is 13.9 Å². The molecule has 22 heavy (non-hydrogen) atoms. The summed E-state index contributed by atoms with van der Waals surface area (Å²) in [5, 5.41) is 0. The van der Waals surface area contributed by atoms with Crippen LogP contribution in [0, 0.1) is 16.9 Å². The monoisotopic (exact) mass is 312 g/mol. The second-order valence-electron chi connectivity index (χ2n) is 6.58. The third kappa shape index (κ3) is 3.36. The summed E-state index contributed by atoms with van der Waals surface area (Å²) in [5.74, 6) is 3.80. The third-order valence-corrected chi connectivity index (χ3v) is 10.2. The van der Waals surface area contributed by atoms with Crippen LogP contribution in [-0.2, 0) is 0 Å². The van der Waals surface area contributed by atoms with Gasteiger partial charge in [-0.25, -0.2) is 0 Å². The third-order valence-electron chi connectivity index (χ3n) is 5.53. The molecule has 0 aliphatic heterocycles. The molecule has 0 unspecified atom stereocenters. The first-order chi connectivity index (χ1) is 10.6. The fraction of sp³-hybridized carbons (Fsp3) is 0.550. The van der Waals surface area contributed by atoms with Crippen molar-refractivity contribution in [2.75, 3.05) is 0 Å². The van der Waals surface area contributed by atoms with Crippen LogP contribution in [0.15, 0.2) is 30.3 Å². The maximum absolute atomic E-state index is 13.1. The number of hydrogen-bond donors (Lipinski definition) is 0. The lowest BCUT2D eigenvalue weighted by Crippen LogP contribution is -2.32. The zero-order valence-corrected chi connectivity index (χ0v) is 15.2. The van der Waals surface area contributed by atoms with Crippen LogP contribution in [0.25, 0.3) is 0 Å². The van der Waals surface area contributed by atoms with Crippen molar-refractivity contribution < 1.29 is 4.79 Å². The van der Waals surface area contributed by atoms with Gasteiger partial charge in [-0.3, -0.25) is 4.79 Å². The number of Topliss-reactive ketones (excluding diaryl/α,β-unsaturated/α-hetero) is 1. The number of ketones is 1. The van der Waals surface area contributed by atoms with Gasteiger partial charge in [0.25, 0.3) is 0 Å². The van der Waals surface area contributed by atoms with E-state index in [0.29, 0.717) is 0 Å². The van der Waals surface area contributed by atoms with Crippen LogP contribution in [0.4, 0.5) is 0 Å². The molecule has 0 amide bonds. The molecule has 0 aromatic heterocycles. The van der Waals surface area contributed by atoms with E-state index >= 15 is 0 Å². The molecule has 0 radical (unpaired) electrons. The fourth-order valence-electron chi connectivity index (χ4n) is 3.52. The molecule has 1 aliphatic carbocycles. The Morgan fingerprint density at radius 2 is 1.59 bits per heavy atom. The maximum atomic E-state index is 13.1. The highest BCUT2D eigenvalue weighted by Crippen LogP contribution is 2.40. The minimum atomic E-state index is -1.49. The van der Waals surface area contributed by atoms with Gasteiger partial charge in [-0.05, 0) is 31.0 Å². The first-order valence-corrected chi connectivity index (χ1v) is 11.4. The van der Waals surface area contributed by atoms with Crippen molar-refractivity contribution in [2.24, 2.45) is 5.41 Å². The number of carbonyl (C=O) groups excluding carboxylic acids is 1. The average molecular weight is 313 g/mol. The Morgan fingerprint density at radius 1 is 1.05 bits per heavy atom. The van der Waals surface area contributed by atoms with E-state index in [4.69, 9.17) is 0 Å². The predicted octanol–water partition coefficient (Wildman–Crippen LogP) is 5.48. The van der Waals surface area contributed by atoms with Crippen LogP contribution in [0.2, 0.25) is 18.1 Å². The highest BCUT2D eigenvalue weighted by molar-refractivity contribution is 6.87. The zero-order chi connectivity index (χ0) is 16.1. The minimum Gasteiger partial charge on any atom is -0.292 e. The van der Waals surface area contributed by atoms with Gasteiger partial charge in [0.15, 0.2) is 5.78 Å². The molecule has 1 aromatic rings. The largest absolute Gasteiger partial charge is 0.292 e. The molecule has 1 saturated carbocycles. The van der Waals surface area contributed by atoms with Crippen molar-refractivity contribution in [3.05, 3.63) is 35.9 Å². The molecule has 0 heterocycles. The Bertz CT molecular complexity index is 546. The molecule has 0 bridgehead atoms. The van der Waals surface area contributed by atoms with Crippen LogP contribution >= 0.6 is 0 Å². The Kier molecular flexibility index (Phi) is 5.64. The first kappa shape index (κ1) is 17.0. The van der Waals surface area contributed by atoms with E-state index in [2.05, 4.69) is 32.2 Å². The lowest BCUT2D eigenvalue weighted by Gasteiger charge is -2.25. The lowest BCUT2D eigenvalue weighted by atomic mass is 9.79. The molecular formula is C20H28OSi. The van der Waals surface area contributed by atoms with Crippen molar-refractivity contribution in [3.8, 4) is 11.5 Å². The summed E-state index contributed by atoms with van der Waals surface area (Å²) >= 11 is 0. The van der Waals surface area contributed by atoms with Crippen LogP contribution in [0.3, 0.4) is 0 Å². The molecule has 2 heteroatoms. The normalized spacial score (nSPS) is 16.9. The first-order valence-electron chi connectivity index (χ1n) is 8.75. The lowest BCUT2D eigenvalue weighted by molar-refractivity contribution is 0.0867. The summed E-state index contributed by atoms with van der Waals surface area (Å²) in [6.45, 7) is 6.82. The van der Waals surface area contributed by atoms with E-state index in [0.717, 1.165) is 31.2 Å². The van der Waals surface area contributed by atoms with Crippen LogP contribution < -0.4 is 0 Å².